The topological polar surface area (TPSA) is 99.3 Å². The quantitative estimate of drug-likeness (QED) is 0.466. The number of amides is 4. The van der Waals surface area contributed by atoms with E-state index in [0.717, 1.165) is 30.4 Å². The van der Waals surface area contributed by atoms with Gasteiger partial charge in [-0.15, -0.1) is 0 Å². The number of ketones is 1. The number of hydrogen-bond acceptors (Lipinski definition) is 5. The highest BCUT2D eigenvalue weighted by Gasteiger charge is 2.56. The Labute approximate surface area is 234 Å². The Hall–Kier alpha value is -3.90. The van der Waals surface area contributed by atoms with Gasteiger partial charge in [0.05, 0.1) is 12.2 Å². The predicted octanol–water partition coefficient (Wildman–Crippen LogP) is 4.15. The number of carbonyl (C=O) groups is 4. The lowest BCUT2D eigenvalue weighted by atomic mass is 9.85. The molecule has 222 valence electrons. The molecule has 1 aromatic rings. The summed E-state index contributed by atoms with van der Waals surface area (Å²) in [6.45, 7) is 2.04. The van der Waals surface area contributed by atoms with Crippen LogP contribution in [0.3, 0.4) is 0 Å². The number of allylic oxidation sites excluding steroid dienone is 3. The summed E-state index contributed by atoms with van der Waals surface area (Å²) in [4.78, 5) is 54.6. The van der Waals surface area contributed by atoms with E-state index < -0.39 is 60.7 Å². The molecule has 0 aromatic heterocycles. The number of alkyl halides is 3. The highest BCUT2D eigenvalue weighted by molar-refractivity contribution is 6.03. The van der Waals surface area contributed by atoms with E-state index >= 15 is 0 Å². The molecule has 9 nitrogen and oxygen atoms in total. The van der Waals surface area contributed by atoms with Crippen LogP contribution in [0.25, 0.3) is 0 Å². The van der Waals surface area contributed by atoms with Crippen LogP contribution in [-0.4, -0.2) is 83.0 Å². The maximum absolute atomic E-state index is 13.6. The van der Waals surface area contributed by atoms with Crippen molar-refractivity contribution in [2.75, 3.05) is 26.7 Å². The van der Waals surface area contributed by atoms with Crippen molar-refractivity contribution in [2.24, 2.45) is 5.92 Å². The molecule has 2 unspecified atom stereocenters. The highest BCUT2D eigenvalue weighted by Crippen LogP contribution is 2.48. The van der Waals surface area contributed by atoms with Crippen LogP contribution in [0.1, 0.15) is 38.7 Å². The lowest BCUT2D eigenvalue weighted by Gasteiger charge is -2.32. The third-order valence-corrected chi connectivity index (χ3v) is 7.74. The summed E-state index contributed by atoms with van der Waals surface area (Å²) in [6.07, 6.45) is -1.18. The second kappa shape index (κ2) is 11.5. The highest BCUT2D eigenvalue weighted by atomic mass is 19.4. The molecule has 0 bridgehead atoms. The van der Waals surface area contributed by atoms with Gasteiger partial charge in [-0.3, -0.25) is 14.5 Å². The molecule has 1 N–H and O–H groups in total. The zero-order valence-corrected chi connectivity index (χ0v) is 23.0. The number of rotatable bonds is 8. The van der Waals surface area contributed by atoms with Crippen LogP contribution in [-0.2, 0) is 20.9 Å². The SMILES string of the molecule is CCCN(C)C(=O)NC1=CC=C2C(CC[C@]23CN(CC(=O)N(Cc2ccc(F)cc2)C(C)C(F)(F)F)C(=O)O3)C1=O. The van der Waals surface area contributed by atoms with Crippen molar-refractivity contribution in [3.63, 3.8) is 0 Å². The monoisotopic (exact) mass is 580 g/mol. The smallest absolute Gasteiger partial charge is 0.411 e. The molecule has 1 aromatic carbocycles. The molecule has 1 saturated carbocycles. The Balaban J connectivity index is 1.50. The van der Waals surface area contributed by atoms with Gasteiger partial charge in [-0.05, 0) is 55.5 Å². The first-order valence-corrected chi connectivity index (χ1v) is 13.3. The zero-order chi connectivity index (χ0) is 30.1. The van der Waals surface area contributed by atoms with Crippen LogP contribution in [0.5, 0.6) is 0 Å². The number of Topliss-reactive ketones (excluding diaryl/α,β-unsaturated/α-hetero) is 1. The van der Waals surface area contributed by atoms with Crippen molar-refractivity contribution < 1.29 is 41.5 Å². The van der Waals surface area contributed by atoms with Crippen molar-refractivity contribution in [3.05, 3.63) is 59.1 Å². The number of halogens is 4. The fraction of sp³-hybridized carbons (Fsp3) is 0.500. The fourth-order valence-electron chi connectivity index (χ4n) is 5.42. The number of nitrogens with zero attached hydrogens (tertiary/aromatic N) is 3. The molecular weight excluding hydrogens is 548 g/mol. The molecule has 1 heterocycles. The lowest BCUT2D eigenvalue weighted by molar-refractivity contribution is -0.187. The van der Waals surface area contributed by atoms with Crippen molar-refractivity contribution in [1.29, 1.82) is 0 Å². The molecule has 3 aliphatic rings. The molecule has 13 heteroatoms. The zero-order valence-electron chi connectivity index (χ0n) is 23.0. The Morgan fingerprint density at radius 2 is 1.88 bits per heavy atom. The van der Waals surface area contributed by atoms with Crippen LogP contribution >= 0.6 is 0 Å². The molecule has 1 saturated heterocycles. The number of benzene rings is 1. The second-order valence-corrected chi connectivity index (χ2v) is 10.6. The van der Waals surface area contributed by atoms with Crippen LogP contribution in [0.4, 0.5) is 27.2 Å². The standard InChI is InChI=1S/C28H32F4N4O5/c1-4-13-34(3)25(39)33-22-10-9-21-20(24(22)38)11-12-27(21)16-35(26(40)41-27)15-23(37)36(17(2)28(30,31)32)14-18-5-7-19(29)8-6-18/h5-10,17,20H,4,11-16H2,1-3H3,(H,33,39)/t17?,20?,27-/m0/s1. The van der Waals surface area contributed by atoms with E-state index in [4.69, 9.17) is 4.74 Å². The minimum Gasteiger partial charge on any atom is -0.436 e. The van der Waals surface area contributed by atoms with E-state index in [1.54, 1.807) is 13.1 Å². The molecule has 1 spiro atoms. The van der Waals surface area contributed by atoms with E-state index in [-0.39, 0.29) is 30.0 Å². The molecule has 2 fully saturated rings. The first-order chi connectivity index (χ1) is 19.3. The van der Waals surface area contributed by atoms with Crippen molar-refractivity contribution in [2.45, 2.75) is 57.5 Å². The summed E-state index contributed by atoms with van der Waals surface area (Å²) in [5, 5.41) is 2.62. The summed E-state index contributed by atoms with van der Waals surface area (Å²) >= 11 is 0. The average molecular weight is 581 g/mol. The molecular formula is C28H32F4N4O5. The Bertz CT molecular complexity index is 1280. The Kier molecular flexibility index (Phi) is 8.46. The Morgan fingerprint density at radius 3 is 2.51 bits per heavy atom. The third-order valence-electron chi connectivity index (χ3n) is 7.74. The number of urea groups is 1. The maximum atomic E-state index is 13.6. The van der Waals surface area contributed by atoms with Crippen LogP contribution in [0.15, 0.2) is 47.7 Å². The van der Waals surface area contributed by atoms with Crippen LogP contribution in [0.2, 0.25) is 0 Å². The van der Waals surface area contributed by atoms with Crippen molar-refractivity contribution >= 4 is 23.8 Å². The van der Waals surface area contributed by atoms with Crippen molar-refractivity contribution in [1.82, 2.24) is 20.0 Å². The van der Waals surface area contributed by atoms with Gasteiger partial charge in [0.2, 0.25) is 5.91 Å². The fourth-order valence-corrected chi connectivity index (χ4v) is 5.42. The number of hydrogen-bond donors (Lipinski definition) is 1. The summed E-state index contributed by atoms with van der Waals surface area (Å²) in [5.74, 6) is -2.50. The van der Waals surface area contributed by atoms with E-state index in [1.165, 1.54) is 23.1 Å². The number of fused-ring (bicyclic) bond motifs is 2. The van der Waals surface area contributed by atoms with E-state index in [2.05, 4.69) is 5.32 Å². The van der Waals surface area contributed by atoms with Gasteiger partial charge in [0.1, 0.15) is 18.4 Å². The molecule has 1 aliphatic heterocycles. The average Bonchev–Trinajstić information content (AvgIpc) is 3.42. The van der Waals surface area contributed by atoms with Gasteiger partial charge >= 0.3 is 18.3 Å². The van der Waals surface area contributed by atoms with Gasteiger partial charge in [-0.25, -0.2) is 14.0 Å². The van der Waals surface area contributed by atoms with Crippen LogP contribution < -0.4 is 5.32 Å². The Morgan fingerprint density at radius 1 is 1.20 bits per heavy atom. The minimum atomic E-state index is -4.74. The molecule has 0 radical (unpaired) electrons. The normalized spacial score (nSPS) is 22.6. The number of ether oxygens (including phenoxy) is 1. The lowest BCUT2D eigenvalue weighted by Crippen LogP contribution is -2.50. The minimum absolute atomic E-state index is 0.118. The van der Waals surface area contributed by atoms with E-state index in [0.29, 0.717) is 23.4 Å². The number of carbonyl (C=O) groups excluding carboxylic acids is 4. The maximum Gasteiger partial charge on any atom is 0.411 e. The largest absolute Gasteiger partial charge is 0.436 e. The van der Waals surface area contributed by atoms with Crippen molar-refractivity contribution in [3.8, 4) is 0 Å². The predicted molar refractivity (Wildman–Crippen MR) is 139 cm³/mol. The summed E-state index contributed by atoms with van der Waals surface area (Å²) in [6, 6.07) is 2.15. The molecule has 2 aliphatic carbocycles. The summed E-state index contributed by atoms with van der Waals surface area (Å²) in [7, 11) is 1.61. The molecule has 41 heavy (non-hydrogen) atoms. The summed E-state index contributed by atoms with van der Waals surface area (Å²) in [5.41, 5.74) is -0.271. The van der Waals surface area contributed by atoms with Crippen LogP contribution in [0, 0.1) is 11.7 Å². The first-order valence-electron chi connectivity index (χ1n) is 13.3. The van der Waals surface area contributed by atoms with Gasteiger partial charge in [0.15, 0.2) is 11.4 Å². The first kappa shape index (κ1) is 30.1. The van der Waals surface area contributed by atoms with Gasteiger partial charge < -0.3 is 19.9 Å². The number of nitrogens with one attached hydrogen (secondary N) is 1. The molecule has 4 amide bonds. The molecule has 3 atom stereocenters. The van der Waals surface area contributed by atoms with Gasteiger partial charge in [0, 0.05) is 26.1 Å². The van der Waals surface area contributed by atoms with E-state index in [9.17, 15) is 36.7 Å². The third kappa shape index (κ3) is 6.23. The van der Waals surface area contributed by atoms with Gasteiger partial charge in [0.25, 0.3) is 0 Å². The second-order valence-electron chi connectivity index (χ2n) is 10.6. The van der Waals surface area contributed by atoms with Gasteiger partial charge in [-0.1, -0.05) is 25.1 Å². The van der Waals surface area contributed by atoms with Gasteiger partial charge in [-0.2, -0.15) is 13.2 Å². The molecule has 4 rings (SSSR count). The summed E-state index contributed by atoms with van der Waals surface area (Å²) < 4.78 is 59.9. The van der Waals surface area contributed by atoms with E-state index in [1.807, 2.05) is 6.92 Å².